The van der Waals surface area contributed by atoms with Gasteiger partial charge in [0.1, 0.15) is 0 Å². The summed E-state index contributed by atoms with van der Waals surface area (Å²) in [5.74, 6) is 0. The summed E-state index contributed by atoms with van der Waals surface area (Å²) in [6.45, 7) is 5.06. The minimum Gasteiger partial charge on any atom is -0.358 e. The van der Waals surface area contributed by atoms with E-state index in [9.17, 15) is 0 Å². The average molecular weight is 245 g/mol. The molecule has 0 saturated carbocycles. The molecule has 98 valence electrons. The van der Waals surface area contributed by atoms with Crippen LogP contribution >= 0.6 is 0 Å². The van der Waals surface area contributed by atoms with Crippen LogP contribution in [-0.2, 0) is 6.54 Å². The minimum atomic E-state index is 0.792. The van der Waals surface area contributed by atoms with Crippen LogP contribution in [0.5, 0.6) is 0 Å². The quantitative estimate of drug-likeness (QED) is 0.768. The van der Waals surface area contributed by atoms with Crippen molar-refractivity contribution >= 4 is 10.9 Å². The molecule has 0 radical (unpaired) electrons. The summed E-state index contributed by atoms with van der Waals surface area (Å²) in [5, 5.41) is 1.35. The highest BCUT2D eigenvalue weighted by molar-refractivity contribution is 5.84. The van der Waals surface area contributed by atoms with Gasteiger partial charge in [0.25, 0.3) is 0 Å². The first-order valence-corrected chi connectivity index (χ1v) is 6.67. The van der Waals surface area contributed by atoms with Crippen LogP contribution in [0.3, 0.4) is 0 Å². The van der Waals surface area contributed by atoms with Gasteiger partial charge in [0.05, 0.1) is 0 Å². The molecule has 3 N–H and O–H groups in total. The fourth-order valence-corrected chi connectivity index (χ4v) is 2.41. The summed E-state index contributed by atoms with van der Waals surface area (Å²) in [4.78, 5) is 5.83. The molecule has 0 spiro atoms. The fourth-order valence-electron chi connectivity index (χ4n) is 2.41. The maximum atomic E-state index is 5.53. The summed E-state index contributed by atoms with van der Waals surface area (Å²) in [7, 11) is 2.18. The van der Waals surface area contributed by atoms with E-state index in [0.717, 1.165) is 26.1 Å². The van der Waals surface area contributed by atoms with E-state index in [1.54, 1.807) is 0 Å². The second-order valence-corrected chi connectivity index (χ2v) is 5.01. The van der Waals surface area contributed by atoms with E-state index in [4.69, 9.17) is 5.73 Å². The fraction of sp³-hybridized carbons (Fsp3) is 0.467. The van der Waals surface area contributed by atoms with E-state index >= 15 is 0 Å². The number of fused-ring (bicyclic) bond motifs is 1. The highest BCUT2D eigenvalue weighted by atomic mass is 15.1. The number of hydrogen-bond donors (Lipinski definition) is 2. The van der Waals surface area contributed by atoms with Crippen molar-refractivity contribution in [3.63, 3.8) is 0 Å². The highest BCUT2D eigenvalue weighted by Crippen LogP contribution is 2.22. The molecule has 18 heavy (non-hydrogen) atoms. The number of aryl methyl sites for hydroxylation is 1. The van der Waals surface area contributed by atoms with Crippen LogP contribution in [-0.4, -0.2) is 30.0 Å². The molecule has 0 aliphatic rings. The molecule has 0 aliphatic heterocycles. The Morgan fingerprint density at radius 3 is 2.78 bits per heavy atom. The molecule has 0 amide bonds. The maximum Gasteiger partial charge on any atom is 0.0459 e. The third-order valence-corrected chi connectivity index (χ3v) is 3.45. The molecule has 2 rings (SSSR count). The Bertz CT molecular complexity index is 501. The summed E-state index contributed by atoms with van der Waals surface area (Å²) in [6.07, 6.45) is 2.28. The number of para-hydroxylation sites is 1. The van der Waals surface area contributed by atoms with Gasteiger partial charge in [-0.05, 0) is 51.5 Å². The van der Waals surface area contributed by atoms with Crippen LogP contribution in [0.4, 0.5) is 0 Å². The first-order valence-electron chi connectivity index (χ1n) is 6.67. The van der Waals surface area contributed by atoms with E-state index in [1.807, 2.05) is 0 Å². The largest absolute Gasteiger partial charge is 0.358 e. The molecule has 1 heterocycles. The lowest BCUT2D eigenvalue weighted by Crippen LogP contribution is -2.20. The summed E-state index contributed by atoms with van der Waals surface area (Å²) in [5.41, 5.74) is 9.46. The van der Waals surface area contributed by atoms with Crippen LogP contribution in [0, 0.1) is 6.92 Å². The van der Waals surface area contributed by atoms with Crippen molar-refractivity contribution in [1.82, 2.24) is 9.88 Å². The van der Waals surface area contributed by atoms with E-state index in [2.05, 4.69) is 48.1 Å². The Kier molecular flexibility index (Phi) is 4.39. The lowest BCUT2D eigenvalue weighted by atomic mass is 10.1. The number of rotatable bonds is 6. The number of nitrogens with one attached hydrogen (secondary N) is 1. The van der Waals surface area contributed by atoms with Gasteiger partial charge in [-0.15, -0.1) is 0 Å². The molecular weight excluding hydrogens is 222 g/mol. The zero-order valence-electron chi connectivity index (χ0n) is 11.4. The number of unbranched alkanes of at least 4 members (excludes halogenated alkanes) is 1. The molecule has 2 aromatic rings. The van der Waals surface area contributed by atoms with Crippen LogP contribution in [0.25, 0.3) is 10.9 Å². The monoisotopic (exact) mass is 245 g/mol. The molecule has 0 unspecified atom stereocenters. The number of nitrogens with two attached hydrogens (primary N) is 1. The lowest BCUT2D eigenvalue weighted by Gasteiger charge is -2.16. The highest BCUT2D eigenvalue weighted by Gasteiger charge is 2.09. The third-order valence-electron chi connectivity index (χ3n) is 3.45. The van der Waals surface area contributed by atoms with Gasteiger partial charge < -0.3 is 15.6 Å². The first kappa shape index (κ1) is 13.1. The third kappa shape index (κ3) is 2.92. The van der Waals surface area contributed by atoms with Crippen molar-refractivity contribution in [2.75, 3.05) is 20.1 Å². The van der Waals surface area contributed by atoms with E-state index in [1.165, 1.54) is 28.6 Å². The van der Waals surface area contributed by atoms with Gasteiger partial charge in [0.15, 0.2) is 0 Å². The summed E-state index contributed by atoms with van der Waals surface area (Å²) < 4.78 is 0. The Hall–Kier alpha value is -1.32. The van der Waals surface area contributed by atoms with Crippen LogP contribution in [0.15, 0.2) is 24.3 Å². The Morgan fingerprint density at radius 2 is 2.00 bits per heavy atom. The van der Waals surface area contributed by atoms with E-state index < -0.39 is 0 Å². The molecular formula is C15H23N3. The Balaban J connectivity index is 2.08. The van der Waals surface area contributed by atoms with E-state index in [-0.39, 0.29) is 0 Å². The van der Waals surface area contributed by atoms with Gasteiger partial charge in [-0.25, -0.2) is 0 Å². The number of hydrogen-bond acceptors (Lipinski definition) is 2. The predicted molar refractivity (Wildman–Crippen MR) is 77.7 cm³/mol. The lowest BCUT2D eigenvalue weighted by molar-refractivity contribution is 0.320. The molecule has 1 aromatic carbocycles. The summed E-state index contributed by atoms with van der Waals surface area (Å²) in [6, 6.07) is 8.52. The Morgan fingerprint density at radius 1 is 1.22 bits per heavy atom. The molecule has 0 bridgehead atoms. The summed E-state index contributed by atoms with van der Waals surface area (Å²) >= 11 is 0. The van der Waals surface area contributed by atoms with E-state index in [0.29, 0.717) is 0 Å². The molecule has 3 heteroatoms. The number of nitrogens with zero attached hydrogens (tertiary/aromatic N) is 1. The predicted octanol–water partition coefficient (Wildman–Crippen LogP) is 2.65. The van der Waals surface area contributed by atoms with Crippen molar-refractivity contribution in [1.29, 1.82) is 0 Å². The van der Waals surface area contributed by atoms with Crippen molar-refractivity contribution < 1.29 is 0 Å². The van der Waals surface area contributed by atoms with Crippen molar-refractivity contribution in [2.45, 2.75) is 26.3 Å². The van der Waals surface area contributed by atoms with Gasteiger partial charge in [0.2, 0.25) is 0 Å². The molecule has 1 aromatic heterocycles. The van der Waals surface area contributed by atoms with Gasteiger partial charge in [-0.2, -0.15) is 0 Å². The van der Waals surface area contributed by atoms with Gasteiger partial charge >= 0.3 is 0 Å². The average Bonchev–Trinajstić information content (AvgIpc) is 2.67. The van der Waals surface area contributed by atoms with Gasteiger partial charge in [0, 0.05) is 23.1 Å². The SMILES string of the molecule is Cc1[nH]c2ccccc2c1CN(C)CCCCN. The normalized spacial score (nSPS) is 11.6. The van der Waals surface area contributed by atoms with Crippen LogP contribution in [0.1, 0.15) is 24.1 Å². The maximum absolute atomic E-state index is 5.53. The van der Waals surface area contributed by atoms with Crippen molar-refractivity contribution in [2.24, 2.45) is 5.73 Å². The minimum absolute atomic E-state index is 0.792. The number of H-pyrrole nitrogens is 1. The van der Waals surface area contributed by atoms with Gasteiger partial charge in [-0.3, -0.25) is 0 Å². The zero-order valence-corrected chi connectivity index (χ0v) is 11.4. The molecule has 3 nitrogen and oxygen atoms in total. The number of aromatic nitrogens is 1. The van der Waals surface area contributed by atoms with Crippen LogP contribution in [0.2, 0.25) is 0 Å². The first-order chi connectivity index (χ1) is 8.72. The molecule has 0 saturated heterocycles. The van der Waals surface area contributed by atoms with Crippen molar-refractivity contribution in [3.05, 3.63) is 35.5 Å². The zero-order chi connectivity index (χ0) is 13.0. The second-order valence-electron chi connectivity index (χ2n) is 5.01. The Labute approximate surface area is 109 Å². The molecule has 0 aliphatic carbocycles. The molecule has 0 atom stereocenters. The molecule has 0 fully saturated rings. The van der Waals surface area contributed by atoms with Crippen LogP contribution < -0.4 is 5.73 Å². The smallest absolute Gasteiger partial charge is 0.0459 e. The second kappa shape index (κ2) is 6.03. The van der Waals surface area contributed by atoms with Gasteiger partial charge in [-0.1, -0.05) is 18.2 Å². The number of aromatic amines is 1. The van der Waals surface area contributed by atoms with Crippen molar-refractivity contribution in [3.8, 4) is 0 Å². The number of benzene rings is 1. The topological polar surface area (TPSA) is 45.0 Å². The standard InChI is InChI=1S/C15H23N3/c1-12-14(11-18(2)10-6-5-9-16)13-7-3-4-8-15(13)17-12/h3-4,7-8,17H,5-6,9-11,16H2,1-2H3.